The molecule has 2 nitrogen and oxygen atoms in total. The third-order valence-electron chi connectivity index (χ3n) is 7.70. The number of nitrogens with zero attached hydrogens (tertiary/aromatic N) is 1. The molecule has 6 rings (SSSR count). The predicted molar refractivity (Wildman–Crippen MR) is 148 cm³/mol. The van der Waals surface area contributed by atoms with Gasteiger partial charge in [0.2, 0.25) is 5.69 Å². The Morgan fingerprint density at radius 2 is 1.63 bits per heavy atom. The molecule has 0 radical (unpaired) electrons. The van der Waals surface area contributed by atoms with Crippen LogP contribution >= 0.6 is 0 Å². The van der Waals surface area contributed by atoms with Crippen molar-refractivity contribution in [1.29, 1.82) is 0 Å². The van der Waals surface area contributed by atoms with Gasteiger partial charge >= 0.3 is 0 Å². The van der Waals surface area contributed by atoms with Crippen molar-refractivity contribution in [1.82, 2.24) is 0 Å². The van der Waals surface area contributed by atoms with Crippen LogP contribution in [0.25, 0.3) is 43.6 Å². The molecule has 5 aromatic rings. The van der Waals surface area contributed by atoms with Gasteiger partial charge in [0.05, 0.1) is 10.9 Å². The molecule has 0 fully saturated rings. The summed E-state index contributed by atoms with van der Waals surface area (Å²) in [5.41, 5.74) is 7.79. The molecule has 0 saturated heterocycles. The molecule has 4 aromatic carbocycles. The van der Waals surface area contributed by atoms with Crippen LogP contribution in [0.3, 0.4) is 0 Å². The van der Waals surface area contributed by atoms with Crippen molar-refractivity contribution in [2.75, 3.05) is 0 Å². The number of aryl methyl sites for hydroxylation is 3. The molecule has 1 aliphatic heterocycles. The number of fused-ring (bicyclic) bond motifs is 5. The lowest BCUT2D eigenvalue weighted by Gasteiger charge is -2.27. The average Bonchev–Trinajstić information content (AvgIpc) is 2.81. The number of aromatic nitrogens is 1. The van der Waals surface area contributed by atoms with E-state index >= 15 is 0 Å². The minimum atomic E-state index is 0.345. The fourth-order valence-corrected chi connectivity index (χ4v) is 6.18. The molecular formula is C33H34NO+. The monoisotopic (exact) mass is 460 g/mol. The molecule has 0 saturated carbocycles. The van der Waals surface area contributed by atoms with E-state index in [1.807, 2.05) is 0 Å². The normalized spacial score (nSPS) is 12.7. The first-order chi connectivity index (χ1) is 16.8. The van der Waals surface area contributed by atoms with Gasteiger partial charge in [0.1, 0.15) is 18.5 Å². The van der Waals surface area contributed by atoms with E-state index in [1.165, 1.54) is 65.8 Å². The van der Waals surface area contributed by atoms with Crippen LogP contribution in [-0.2, 0) is 13.5 Å². The smallest absolute Gasteiger partial charge is 0.228 e. The highest BCUT2D eigenvalue weighted by atomic mass is 16.5. The molecule has 2 heterocycles. The average molecular weight is 461 g/mol. The number of ether oxygens (including phenoxy) is 1. The van der Waals surface area contributed by atoms with Gasteiger partial charge in [-0.05, 0) is 70.8 Å². The van der Waals surface area contributed by atoms with Crippen molar-refractivity contribution in [2.24, 2.45) is 13.0 Å². The zero-order valence-corrected chi connectivity index (χ0v) is 21.9. The van der Waals surface area contributed by atoms with Crippen LogP contribution in [0.4, 0.5) is 0 Å². The molecule has 0 N–H and O–H groups in total. The summed E-state index contributed by atoms with van der Waals surface area (Å²) in [6.45, 7) is 13.6. The Bertz CT molecular complexity index is 1670. The molecular weight excluding hydrogens is 426 g/mol. The highest BCUT2D eigenvalue weighted by Gasteiger charge is 2.34. The van der Waals surface area contributed by atoms with E-state index in [4.69, 9.17) is 4.74 Å². The Labute approximate surface area is 208 Å². The van der Waals surface area contributed by atoms with Gasteiger partial charge in [-0.25, -0.2) is 4.57 Å². The lowest BCUT2D eigenvalue weighted by Crippen LogP contribution is -2.32. The van der Waals surface area contributed by atoms with E-state index in [-0.39, 0.29) is 0 Å². The summed E-state index contributed by atoms with van der Waals surface area (Å²) in [5, 5.41) is 7.76. The van der Waals surface area contributed by atoms with Crippen molar-refractivity contribution >= 4 is 32.3 Å². The fraction of sp³-hybridized carbons (Fsp3) is 0.303. The van der Waals surface area contributed by atoms with E-state index in [2.05, 4.69) is 108 Å². The molecule has 1 aromatic heterocycles. The summed E-state index contributed by atoms with van der Waals surface area (Å²) in [6, 6.07) is 18.2. The van der Waals surface area contributed by atoms with Crippen LogP contribution in [0, 0.1) is 19.8 Å². The SMILES string of the molecule is Cc1ccc2c(C(C)C)c3c(c(C)c2c1)-c1c2c(cc4c(CC(C)C)cccc4c2cc[n+]1C)O3. The first-order valence-corrected chi connectivity index (χ1v) is 12.9. The molecule has 176 valence electrons. The van der Waals surface area contributed by atoms with Gasteiger partial charge in [0.15, 0.2) is 6.20 Å². The Kier molecular flexibility index (Phi) is 4.93. The number of hydrogen-bond acceptors (Lipinski definition) is 1. The summed E-state index contributed by atoms with van der Waals surface area (Å²) < 4.78 is 9.26. The van der Waals surface area contributed by atoms with Crippen molar-refractivity contribution in [3.05, 3.63) is 77.0 Å². The summed E-state index contributed by atoms with van der Waals surface area (Å²) >= 11 is 0. The highest BCUT2D eigenvalue weighted by Crippen LogP contribution is 2.53. The second-order valence-electron chi connectivity index (χ2n) is 11.1. The standard InChI is InChI=1S/C33H34NO/c1-18(2)15-22-9-8-10-23-25-13-14-34(7)32-30-21(6)26-16-20(5)11-12-24(26)29(19(3)4)33(30)35-28(31(25)32)17-27(22)23/h8-14,16-19H,15H2,1-7H3/q+1. The summed E-state index contributed by atoms with van der Waals surface area (Å²) in [4.78, 5) is 0. The largest absolute Gasteiger partial charge is 0.455 e. The van der Waals surface area contributed by atoms with Gasteiger partial charge in [-0.1, -0.05) is 69.7 Å². The van der Waals surface area contributed by atoms with Crippen LogP contribution in [0.15, 0.2) is 54.7 Å². The van der Waals surface area contributed by atoms with E-state index in [0.717, 1.165) is 17.9 Å². The molecule has 2 heteroatoms. The van der Waals surface area contributed by atoms with Crippen molar-refractivity contribution in [2.45, 2.75) is 53.9 Å². The van der Waals surface area contributed by atoms with Gasteiger partial charge in [0.25, 0.3) is 0 Å². The lowest BCUT2D eigenvalue weighted by molar-refractivity contribution is -0.659. The van der Waals surface area contributed by atoms with Gasteiger partial charge in [-0.3, -0.25) is 0 Å². The minimum Gasteiger partial charge on any atom is -0.455 e. The van der Waals surface area contributed by atoms with E-state index in [9.17, 15) is 0 Å². The van der Waals surface area contributed by atoms with Crippen LogP contribution in [0.1, 0.15) is 55.9 Å². The van der Waals surface area contributed by atoms with Crippen LogP contribution in [-0.4, -0.2) is 0 Å². The second kappa shape index (κ2) is 7.81. The molecule has 0 amide bonds. The first kappa shape index (κ1) is 22.1. The third-order valence-corrected chi connectivity index (χ3v) is 7.70. The quantitative estimate of drug-likeness (QED) is 0.190. The zero-order valence-electron chi connectivity index (χ0n) is 21.9. The first-order valence-electron chi connectivity index (χ1n) is 12.9. The van der Waals surface area contributed by atoms with Crippen LogP contribution in [0.2, 0.25) is 0 Å². The highest BCUT2D eigenvalue weighted by molar-refractivity contribution is 6.16. The van der Waals surface area contributed by atoms with E-state index in [1.54, 1.807) is 0 Å². The zero-order chi connectivity index (χ0) is 24.6. The minimum absolute atomic E-state index is 0.345. The lowest BCUT2D eigenvalue weighted by atomic mass is 9.84. The number of rotatable bonds is 3. The van der Waals surface area contributed by atoms with Crippen LogP contribution in [0.5, 0.6) is 11.5 Å². The summed E-state index contributed by atoms with van der Waals surface area (Å²) in [6.07, 6.45) is 3.28. The molecule has 1 aliphatic rings. The molecule has 0 spiro atoms. The summed E-state index contributed by atoms with van der Waals surface area (Å²) in [7, 11) is 2.17. The number of hydrogen-bond donors (Lipinski definition) is 0. The third kappa shape index (κ3) is 3.19. The van der Waals surface area contributed by atoms with Gasteiger partial charge in [0, 0.05) is 17.0 Å². The Morgan fingerprint density at radius 3 is 2.37 bits per heavy atom. The van der Waals surface area contributed by atoms with Gasteiger partial charge in [-0.2, -0.15) is 0 Å². The molecule has 0 aliphatic carbocycles. The number of benzene rings is 4. The van der Waals surface area contributed by atoms with E-state index < -0.39 is 0 Å². The molecule has 0 bridgehead atoms. The van der Waals surface area contributed by atoms with Crippen molar-refractivity contribution < 1.29 is 9.30 Å². The maximum absolute atomic E-state index is 6.97. The van der Waals surface area contributed by atoms with Gasteiger partial charge < -0.3 is 4.74 Å². The second-order valence-corrected chi connectivity index (χ2v) is 11.1. The Balaban J connectivity index is 1.80. The topological polar surface area (TPSA) is 13.1 Å². The Hall–Kier alpha value is -3.39. The van der Waals surface area contributed by atoms with Crippen molar-refractivity contribution in [3.63, 3.8) is 0 Å². The number of pyridine rings is 1. The van der Waals surface area contributed by atoms with Crippen molar-refractivity contribution in [3.8, 4) is 22.8 Å². The molecule has 0 atom stereocenters. The van der Waals surface area contributed by atoms with Gasteiger partial charge in [-0.15, -0.1) is 0 Å². The maximum atomic E-state index is 6.97. The molecule has 0 unspecified atom stereocenters. The van der Waals surface area contributed by atoms with E-state index in [0.29, 0.717) is 11.8 Å². The fourth-order valence-electron chi connectivity index (χ4n) is 6.18. The Morgan fingerprint density at radius 1 is 0.829 bits per heavy atom. The maximum Gasteiger partial charge on any atom is 0.228 e. The molecule has 35 heavy (non-hydrogen) atoms. The predicted octanol–water partition coefficient (Wildman–Crippen LogP) is 8.68. The summed E-state index contributed by atoms with van der Waals surface area (Å²) in [5.74, 6) is 2.96. The van der Waals surface area contributed by atoms with Crippen LogP contribution < -0.4 is 9.30 Å².